The number of carbonyl (C=O) groups is 1. The molecule has 0 fully saturated rings. The van der Waals surface area contributed by atoms with E-state index in [0.29, 0.717) is 17.3 Å². The lowest BCUT2D eigenvalue weighted by Crippen LogP contribution is -2.13. The molecule has 0 atom stereocenters. The number of aromatic amines is 1. The number of allylic oxidation sites excluding steroid dienone is 2. The third-order valence-corrected chi connectivity index (χ3v) is 3.28. The van der Waals surface area contributed by atoms with Gasteiger partial charge in [-0.1, -0.05) is 25.1 Å². The number of thioether (sulfide) groups is 1. The number of nitrogens with zero attached hydrogens (tertiary/aromatic N) is 2. The van der Waals surface area contributed by atoms with Crippen molar-refractivity contribution in [3.63, 3.8) is 0 Å². The molecule has 0 aliphatic rings. The molecule has 1 rings (SSSR count). The van der Waals surface area contributed by atoms with Gasteiger partial charge in [0.15, 0.2) is 10.9 Å². The second-order valence-electron chi connectivity index (χ2n) is 4.17. The molecular weight excluding hydrogens is 276 g/mol. The van der Waals surface area contributed by atoms with Crippen LogP contribution in [0.5, 0.6) is 0 Å². The van der Waals surface area contributed by atoms with Gasteiger partial charge in [0.1, 0.15) is 11.6 Å². The van der Waals surface area contributed by atoms with Crippen LogP contribution in [-0.2, 0) is 11.2 Å². The van der Waals surface area contributed by atoms with E-state index in [4.69, 9.17) is 11.0 Å². The standard InChI is InChI=1S/C13H16N4O2S/c1-3-4-9-5-12(19)17-13(16-9)20-7-11(18)10(6-14)8(2)15/h5H,3-4,7,15H2,1-2H3,(H,16,17,19)/b10-8-. The predicted octanol–water partition coefficient (Wildman–Crippen LogP) is 1.14. The molecule has 0 saturated carbocycles. The number of hydrogen-bond donors (Lipinski definition) is 2. The van der Waals surface area contributed by atoms with Gasteiger partial charge in [-0.05, 0) is 13.3 Å². The summed E-state index contributed by atoms with van der Waals surface area (Å²) in [5.74, 6) is -0.364. The summed E-state index contributed by atoms with van der Waals surface area (Å²) in [7, 11) is 0. The first-order valence-electron chi connectivity index (χ1n) is 6.10. The van der Waals surface area contributed by atoms with Gasteiger partial charge in [0, 0.05) is 17.5 Å². The van der Waals surface area contributed by atoms with E-state index >= 15 is 0 Å². The number of carbonyl (C=O) groups excluding carboxylic acids is 1. The Morgan fingerprint density at radius 2 is 2.30 bits per heavy atom. The lowest BCUT2D eigenvalue weighted by molar-refractivity contribution is -0.112. The normalized spacial score (nSPS) is 11.7. The molecule has 1 aromatic rings. The van der Waals surface area contributed by atoms with Crippen LogP contribution in [0.1, 0.15) is 26.0 Å². The number of nitriles is 1. The average molecular weight is 292 g/mol. The molecule has 0 spiro atoms. The second kappa shape index (κ2) is 7.50. The van der Waals surface area contributed by atoms with E-state index in [0.717, 1.165) is 18.2 Å². The zero-order chi connectivity index (χ0) is 15.1. The molecule has 0 aromatic carbocycles. The smallest absolute Gasteiger partial charge is 0.251 e. The number of nitrogens with one attached hydrogen (secondary N) is 1. The molecule has 0 saturated heterocycles. The van der Waals surface area contributed by atoms with Gasteiger partial charge >= 0.3 is 0 Å². The van der Waals surface area contributed by atoms with Crippen molar-refractivity contribution in [2.75, 3.05) is 5.75 Å². The van der Waals surface area contributed by atoms with Crippen molar-refractivity contribution in [3.05, 3.63) is 33.4 Å². The molecule has 0 amide bonds. The first-order chi connectivity index (χ1) is 9.47. The molecule has 0 radical (unpaired) electrons. The number of aromatic nitrogens is 2. The fourth-order valence-corrected chi connectivity index (χ4v) is 2.28. The first-order valence-corrected chi connectivity index (χ1v) is 7.09. The molecule has 0 aliphatic heterocycles. The average Bonchev–Trinajstić information content (AvgIpc) is 2.36. The van der Waals surface area contributed by atoms with Crippen molar-refractivity contribution in [2.24, 2.45) is 5.73 Å². The van der Waals surface area contributed by atoms with E-state index < -0.39 is 0 Å². The van der Waals surface area contributed by atoms with Crippen LogP contribution in [0.4, 0.5) is 0 Å². The third-order valence-electron chi connectivity index (χ3n) is 2.40. The summed E-state index contributed by atoms with van der Waals surface area (Å²) in [5, 5.41) is 9.21. The Balaban J connectivity index is 2.81. The highest BCUT2D eigenvalue weighted by atomic mass is 32.2. The van der Waals surface area contributed by atoms with Gasteiger partial charge in [-0.15, -0.1) is 0 Å². The highest BCUT2D eigenvalue weighted by molar-refractivity contribution is 7.99. The molecule has 0 bridgehead atoms. The Labute approximate surface area is 121 Å². The number of rotatable bonds is 6. The monoisotopic (exact) mass is 292 g/mol. The molecular formula is C13H16N4O2S. The van der Waals surface area contributed by atoms with E-state index in [1.165, 1.54) is 13.0 Å². The van der Waals surface area contributed by atoms with Crippen molar-refractivity contribution >= 4 is 17.5 Å². The van der Waals surface area contributed by atoms with Gasteiger partial charge in [0.2, 0.25) is 0 Å². The first kappa shape index (κ1) is 16.0. The summed E-state index contributed by atoms with van der Waals surface area (Å²) in [4.78, 5) is 30.0. The summed E-state index contributed by atoms with van der Waals surface area (Å²) in [6.07, 6.45) is 1.59. The highest BCUT2D eigenvalue weighted by Gasteiger charge is 2.13. The minimum atomic E-state index is -0.374. The van der Waals surface area contributed by atoms with Crippen LogP contribution in [0.25, 0.3) is 0 Å². The highest BCUT2D eigenvalue weighted by Crippen LogP contribution is 2.14. The zero-order valence-corrected chi connectivity index (χ0v) is 12.2. The van der Waals surface area contributed by atoms with Crippen LogP contribution in [-0.4, -0.2) is 21.5 Å². The van der Waals surface area contributed by atoms with Crippen LogP contribution >= 0.6 is 11.8 Å². The van der Waals surface area contributed by atoms with Crippen molar-refractivity contribution in [1.29, 1.82) is 5.26 Å². The van der Waals surface area contributed by atoms with Gasteiger partial charge in [-0.25, -0.2) is 4.98 Å². The molecule has 7 heteroatoms. The Kier molecular flexibility index (Phi) is 6.00. The summed E-state index contributed by atoms with van der Waals surface area (Å²) in [6.45, 7) is 3.50. The lowest BCUT2D eigenvalue weighted by atomic mass is 10.2. The number of ketones is 1. The quantitative estimate of drug-likeness (QED) is 0.352. The molecule has 6 nitrogen and oxygen atoms in total. The van der Waals surface area contributed by atoms with Crippen LogP contribution in [0.2, 0.25) is 0 Å². The Bertz CT molecular complexity index is 624. The predicted molar refractivity (Wildman–Crippen MR) is 77.1 cm³/mol. The fourth-order valence-electron chi connectivity index (χ4n) is 1.51. The van der Waals surface area contributed by atoms with E-state index in [1.54, 1.807) is 6.07 Å². The maximum Gasteiger partial charge on any atom is 0.251 e. The lowest BCUT2D eigenvalue weighted by Gasteiger charge is -2.03. The van der Waals surface area contributed by atoms with E-state index in [2.05, 4.69) is 9.97 Å². The second-order valence-corrected chi connectivity index (χ2v) is 5.14. The van der Waals surface area contributed by atoms with Gasteiger partial charge in [0.05, 0.1) is 5.75 Å². The van der Waals surface area contributed by atoms with Crippen LogP contribution in [0.15, 0.2) is 27.3 Å². The van der Waals surface area contributed by atoms with Crippen LogP contribution in [0, 0.1) is 11.3 Å². The largest absolute Gasteiger partial charge is 0.401 e. The molecule has 20 heavy (non-hydrogen) atoms. The Morgan fingerprint density at radius 3 is 2.85 bits per heavy atom. The zero-order valence-electron chi connectivity index (χ0n) is 11.4. The third kappa shape index (κ3) is 4.55. The van der Waals surface area contributed by atoms with Gasteiger partial charge < -0.3 is 10.7 Å². The van der Waals surface area contributed by atoms with Crippen molar-refractivity contribution < 1.29 is 4.79 Å². The summed E-state index contributed by atoms with van der Waals surface area (Å²) >= 11 is 1.09. The molecule has 1 heterocycles. The summed E-state index contributed by atoms with van der Waals surface area (Å²) in [5.41, 5.74) is 6.05. The van der Waals surface area contributed by atoms with Gasteiger partial charge in [-0.2, -0.15) is 5.26 Å². The van der Waals surface area contributed by atoms with Crippen molar-refractivity contribution in [1.82, 2.24) is 9.97 Å². The summed E-state index contributed by atoms with van der Waals surface area (Å²) in [6, 6.07) is 3.22. The van der Waals surface area contributed by atoms with Crippen molar-refractivity contribution in [3.8, 4) is 6.07 Å². The van der Waals surface area contributed by atoms with E-state index in [1.807, 2.05) is 6.92 Å². The number of Topliss-reactive ketones (excluding diaryl/α,β-unsaturated/α-hetero) is 1. The number of aryl methyl sites for hydroxylation is 1. The number of hydrogen-bond acceptors (Lipinski definition) is 6. The fraction of sp³-hybridized carbons (Fsp3) is 0.385. The Morgan fingerprint density at radius 1 is 1.60 bits per heavy atom. The van der Waals surface area contributed by atoms with Crippen LogP contribution in [0.3, 0.4) is 0 Å². The van der Waals surface area contributed by atoms with Gasteiger partial charge in [-0.3, -0.25) is 9.59 Å². The van der Waals surface area contributed by atoms with E-state index in [9.17, 15) is 9.59 Å². The molecule has 106 valence electrons. The van der Waals surface area contributed by atoms with E-state index in [-0.39, 0.29) is 28.4 Å². The molecule has 0 unspecified atom stereocenters. The summed E-state index contributed by atoms with van der Waals surface area (Å²) < 4.78 is 0. The maximum atomic E-state index is 11.8. The van der Waals surface area contributed by atoms with Crippen LogP contribution < -0.4 is 11.3 Å². The van der Waals surface area contributed by atoms with Gasteiger partial charge in [0.25, 0.3) is 5.56 Å². The number of H-pyrrole nitrogens is 1. The maximum absolute atomic E-state index is 11.8. The topological polar surface area (TPSA) is 113 Å². The minimum absolute atomic E-state index is 0.00987. The van der Waals surface area contributed by atoms with Crippen molar-refractivity contribution in [2.45, 2.75) is 31.8 Å². The molecule has 1 aromatic heterocycles. The SMILES string of the molecule is CCCc1cc(=O)[nH]c(SCC(=O)/C(C#N)=C(/C)N)n1. The number of nitrogens with two attached hydrogens (primary N) is 1. The molecule has 0 aliphatic carbocycles. The minimum Gasteiger partial charge on any atom is -0.401 e. The molecule has 3 N–H and O–H groups in total. The Hall–Kier alpha value is -2.07.